The molecule has 0 saturated carbocycles. The highest BCUT2D eigenvalue weighted by atomic mass is 32.1. The van der Waals surface area contributed by atoms with Crippen molar-refractivity contribution in [1.82, 2.24) is 25.2 Å². The number of benzene rings is 1. The van der Waals surface area contributed by atoms with E-state index in [1.54, 1.807) is 24.0 Å². The molecule has 0 aliphatic carbocycles. The van der Waals surface area contributed by atoms with Crippen molar-refractivity contribution in [1.29, 1.82) is 0 Å². The van der Waals surface area contributed by atoms with Gasteiger partial charge in [0.15, 0.2) is 0 Å². The van der Waals surface area contributed by atoms with E-state index in [0.717, 1.165) is 16.8 Å². The van der Waals surface area contributed by atoms with Gasteiger partial charge in [-0.3, -0.25) is 4.79 Å². The summed E-state index contributed by atoms with van der Waals surface area (Å²) in [6.07, 6.45) is 1.16. The maximum Gasteiger partial charge on any atom is 0.407 e. The van der Waals surface area contributed by atoms with E-state index in [1.165, 1.54) is 16.2 Å². The molecule has 9 heteroatoms. The minimum absolute atomic E-state index is 0.184. The minimum Gasteiger partial charge on any atom is -0.465 e. The molecule has 0 unspecified atom stereocenters. The van der Waals surface area contributed by atoms with E-state index in [9.17, 15) is 14.7 Å². The molecule has 8 nitrogen and oxygen atoms in total. The van der Waals surface area contributed by atoms with E-state index in [1.807, 2.05) is 56.5 Å². The number of carbonyl (C=O) groups is 2. The van der Waals surface area contributed by atoms with Crippen LogP contribution in [0.3, 0.4) is 0 Å². The lowest BCUT2D eigenvalue weighted by molar-refractivity contribution is 0.0824. The number of amides is 2. The summed E-state index contributed by atoms with van der Waals surface area (Å²) in [5.41, 5.74) is 2.12. The molecule has 2 amide bonds. The first kappa shape index (κ1) is 22.5. The summed E-state index contributed by atoms with van der Waals surface area (Å²) >= 11 is 1.33. The largest absolute Gasteiger partial charge is 0.465 e. The van der Waals surface area contributed by atoms with Crippen molar-refractivity contribution >= 4 is 23.3 Å². The molecule has 0 radical (unpaired) electrons. The molecule has 1 atom stereocenters. The lowest BCUT2D eigenvalue weighted by Gasteiger charge is -2.36. The van der Waals surface area contributed by atoms with Crippen molar-refractivity contribution in [2.45, 2.75) is 38.8 Å². The van der Waals surface area contributed by atoms with Gasteiger partial charge < -0.3 is 15.3 Å². The van der Waals surface area contributed by atoms with E-state index in [0.29, 0.717) is 11.3 Å². The first-order valence-electron chi connectivity index (χ1n) is 9.94. The van der Waals surface area contributed by atoms with Gasteiger partial charge in [0.2, 0.25) is 0 Å². The molecule has 1 aromatic carbocycles. The van der Waals surface area contributed by atoms with Crippen LogP contribution in [0, 0.1) is 0 Å². The van der Waals surface area contributed by atoms with Gasteiger partial charge in [0.1, 0.15) is 0 Å². The van der Waals surface area contributed by atoms with E-state index in [-0.39, 0.29) is 18.5 Å². The smallest absolute Gasteiger partial charge is 0.407 e. The van der Waals surface area contributed by atoms with Crippen LogP contribution in [0.15, 0.2) is 48.0 Å². The van der Waals surface area contributed by atoms with Crippen LogP contribution in [0.2, 0.25) is 0 Å². The average Bonchev–Trinajstić information content (AvgIpc) is 3.34. The van der Waals surface area contributed by atoms with Crippen molar-refractivity contribution < 1.29 is 14.7 Å². The molecule has 2 N–H and O–H groups in total. The standard InChI is InChI=1S/C22H27N5O3S/c1-22(2,3)27(21(29)30)13-17(10-15-8-6-5-7-9-15)24-20(28)19-11-16(14-31-19)18-12-23-25-26(18)4/h5-9,11-12,14,17H,10,13H2,1-4H3,(H,24,28)(H,29,30)/t17-/m0/s1. The zero-order valence-corrected chi connectivity index (χ0v) is 18.9. The molecule has 2 heterocycles. The van der Waals surface area contributed by atoms with Crippen molar-refractivity contribution in [2.75, 3.05) is 6.54 Å². The summed E-state index contributed by atoms with van der Waals surface area (Å²) in [6, 6.07) is 11.2. The van der Waals surface area contributed by atoms with Crippen LogP contribution in [0.25, 0.3) is 11.3 Å². The van der Waals surface area contributed by atoms with E-state index >= 15 is 0 Å². The van der Waals surface area contributed by atoms with Crippen molar-refractivity contribution in [3.63, 3.8) is 0 Å². The first-order chi connectivity index (χ1) is 14.6. The molecule has 0 spiro atoms. The Morgan fingerprint density at radius 1 is 1.26 bits per heavy atom. The highest BCUT2D eigenvalue weighted by molar-refractivity contribution is 7.12. The third-order valence-corrected chi connectivity index (χ3v) is 5.87. The quantitative estimate of drug-likeness (QED) is 0.583. The van der Waals surface area contributed by atoms with E-state index < -0.39 is 11.6 Å². The zero-order valence-electron chi connectivity index (χ0n) is 18.1. The Kier molecular flexibility index (Phi) is 6.74. The molecule has 31 heavy (non-hydrogen) atoms. The summed E-state index contributed by atoms with van der Waals surface area (Å²) < 4.78 is 1.65. The molecular formula is C22H27N5O3S. The molecule has 3 aromatic rings. The number of rotatable bonds is 7. The summed E-state index contributed by atoms with van der Waals surface area (Å²) in [6.45, 7) is 5.71. The molecule has 0 aliphatic rings. The second-order valence-electron chi connectivity index (χ2n) is 8.37. The highest BCUT2D eigenvalue weighted by Gasteiger charge is 2.30. The Labute approximate surface area is 185 Å². The fraction of sp³-hybridized carbons (Fsp3) is 0.364. The second kappa shape index (κ2) is 9.30. The maximum absolute atomic E-state index is 13.0. The molecular weight excluding hydrogens is 414 g/mol. The number of hydrogen-bond donors (Lipinski definition) is 2. The van der Waals surface area contributed by atoms with Crippen LogP contribution in [-0.2, 0) is 13.5 Å². The number of nitrogens with zero attached hydrogens (tertiary/aromatic N) is 4. The Morgan fingerprint density at radius 3 is 2.55 bits per heavy atom. The average molecular weight is 442 g/mol. The number of nitrogens with one attached hydrogen (secondary N) is 1. The van der Waals surface area contributed by atoms with Crippen LogP contribution in [0.1, 0.15) is 36.0 Å². The Balaban J connectivity index is 1.80. The fourth-order valence-electron chi connectivity index (χ4n) is 3.32. The SMILES string of the molecule is Cn1nncc1-c1csc(C(=O)N[C@@H](Cc2ccccc2)CN(C(=O)O)C(C)(C)C)c1. The highest BCUT2D eigenvalue weighted by Crippen LogP contribution is 2.25. The summed E-state index contributed by atoms with van der Waals surface area (Å²) in [5, 5.41) is 22.4. The molecule has 0 bridgehead atoms. The van der Waals surface area contributed by atoms with Gasteiger partial charge in [0.25, 0.3) is 5.91 Å². The lowest BCUT2D eigenvalue weighted by Crippen LogP contribution is -2.53. The van der Waals surface area contributed by atoms with Crippen LogP contribution < -0.4 is 5.32 Å². The van der Waals surface area contributed by atoms with Crippen molar-refractivity contribution in [3.05, 3.63) is 58.4 Å². The zero-order chi connectivity index (χ0) is 22.6. The van der Waals surface area contributed by atoms with Crippen molar-refractivity contribution in [3.8, 4) is 11.3 Å². The first-order valence-corrected chi connectivity index (χ1v) is 10.8. The lowest BCUT2D eigenvalue weighted by atomic mass is 10.0. The Hall–Kier alpha value is -3.20. The van der Waals surface area contributed by atoms with Gasteiger partial charge >= 0.3 is 6.09 Å². The van der Waals surface area contributed by atoms with Crippen LogP contribution >= 0.6 is 11.3 Å². The van der Waals surface area contributed by atoms with Crippen LogP contribution in [0.5, 0.6) is 0 Å². The van der Waals surface area contributed by atoms with Gasteiger partial charge in [-0.2, -0.15) is 0 Å². The fourth-order valence-corrected chi connectivity index (χ4v) is 4.12. The number of thiophene rings is 1. The van der Waals surface area contributed by atoms with Crippen LogP contribution in [-0.4, -0.2) is 55.1 Å². The summed E-state index contributed by atoms with van der Waals surface area (Å²) in [5.74, 6) is -0.230. The normalized spacial score (nSPS) is 12.4. The molecule has 2 aromatic heterocycles. The topological polar surface area (TPSA) is 100 Å². The van der Waals surface area contributed by atoms with Gasteiger partial charge in [0.05, 0.1) is 22.8 Å². The van der Waals surface area contributed by atoms with Gasteiger partial charge in [-0.25, -0.2) is 9.48 Å². The molecule has 3 rings (SSSR count). The Morgan fingerprint density at radius 2 is 1.97 bits per heavy atom. The van der Waals surface area contributed by atoms with Gasteiger partial charge in [-0.1, -0.05) is 35.5 Å². The molecule has 164 valence electrons. The molecule has 0 aliphatic heterocycles. The number of carbonyl (C=O) groups excluding carboxylic acids is 1. The van der Waals surface area contributed by atoms with E-state index in [2.05, 4.69) is 15.6 Å². The third kappa shape index (κ3) is 5.69. The minimum atomic E-state index is -1.01. The van der Waals surface area contributed by atoms with Crippen LogP contribution in [0.4, 0.5) is 4.79 Å². The maximum atomic E-state index is 13.0. The van der Waals surface area contributed by atoms with Gasteiger partial charge in [-0.05, 0) is 38.8 Å². The molecule has 0 fully saturated rings. The van der Waals surface area contributed by atoms with Gasteiger partial charge in [-0.15, -0.1) is 16.4 Å². The van der Waals surface area contributed by atoms with Gasteiger partial charge in [0, 0.05) is 30.1 Å². The number of aryl methyl sites for hydroxylation is 1. The number of aromatic nitrogens is 3. The summed E-state index contributed by atoms with van der Waals surface area (Å²) in [4.78, 5) is 26.8. The Bertz CT molecular complexity index is 1040. The van der Waals surface area contributed by atoms with E-state index in [4.69, 9.17) is 0 Å². The summed E-state index contributed by atoms with van der Waals surface area (Å²) in [7, 11) is 1.79. The third-order valence-electron chi connectivity index (χ3n) is 4.94. The van der Waals surface area contributed by atoms with Crippen molar-refractivity contribution in [2.24, 2.45) is 7.05 Å². The number of carboxylic acid groups (broad SMARTS) is 1. The monoisotopic (exact) mass is 441 g/mol. The predicted octanol–water partition coefficient (Wildman–Crippen LogP) is 3.66. The second-order valence-corrected chi connectivity index (χ2v) is 9.28. The number of hydrogen-bond acceptors (Lipinski definition) is 5. The predicted molar refractivity (Wildman–Crippen MR) is 120 cm³/mol. The molecule has 0 saturated heterocycles.